The number of nitrogens with zero attached hydrogens (tertiary/aromatic N) is 3. The van der Waals surface area contributed by atoms with E-state index in [1.165, 1.54) is 11.3 Å². The second kappa shape index (κ2) is 9.83. The van der Waals surface area contributed by atoms with Crippen LogP contribution < -0.4 is 0 Å². The molecule has 0 spiro atoms. The van der Waals surface area contributed by atoms with Gasteiger partial charge in [0.2, 0.25) is 0 Å². The predicted molar refractivity (Wildman–Crippen MR) is 125 cm³/mol. The molecule has 1 aromatic carbocycles. The van der Waals surface area contributed by atoms with Gasteiger partial charge in [-0.1, -0.05) is 39.3 Å². The molecule has 0 saturated heterocycles. The Morgan fingerprint density at radius 3 is 2.32 bits per heavy atom. The van der Waals surface area contributed by atoms with E-state index in [0.717, 1.165) is 21.6 Å². The quantitative estimate of drug-likeness (QED) is 0.424. The Bertz CT molecular complexity index is 1060. The second-order valence-corrected chi connectivity index (χ2v) is 9.93. The normalized spacial score (nSPS) is 11.5. The van der Waals surface area contributed by atoms with Crippen molar-refractivity contribution in [3.05, 3.63) is 45.9 Å². The molecule has 0 saturated carbocycles. The lowest BCUT2D eigenvalue weighted by molar-refractivity contribution is -0.135. The molecule has 0 radical (unpaired) electrons. The van der Waals surface area contributed by atoms with Gasteiger partial charge in [0.25, 0.3) is 5.91 Å². The summed E-state index contributed by atoms with van der Waals surface area (Å²) in [5.41, 5.74) is 1.67. The molecule has 166 valence electrons. The van der Waals surface area contributed by atoms with Gasteiger partial charge in [-0.2, -0.15) is 5.10 Å². The summed E-state index contributed by atoms with van der Waals surface area (Å²) >= 11 is 7.29. The number of thiophene rings is 1. The molecule has 8 heteroatoms. The molecular weight excluding hydrogens is 434 g/mol. The summed E-state index contributed by atoms with van der Waals surface area (Å²) in [5.74, 6) is 0.0330. The first-order chi connectivity index (χ1) is 14.7. The van der Waals surface area contributed by atoms with Crippen LogP contribution in [0.4, 0.5) is 0 Å². The summed E-state index contributed by atoms with van der Waals surface area (Å²) in [7, 11) is 0. The first-order valence-electron chi connectivity index (χ1n) is 10.4. The Morgan fingerprint density at radius 1 is 1.13 bits per heavy atom. The predicted octanol–water partition coefficient (Wildman–Crippen LogP) is 5.35. The number of amides is 1. The van der Waals surface area contributed by atoms with Crippen LogP contribution in [0.2, 0.25) is 5.02 Å². The van der Waals surface area contributed by atoms with Gasteiger partial charge < -0.3 is 9.64 Å². The number of hydrogen-bond donors (Lipinski definition) is 0. The number of benzene rings is 1. The summed E-state index contributed by atoms with van der Waals surface area (Å²) < 4.78 is 7.16. The first-order valence-corrected chi connectivity index (χ1v) is 11.5. The van der Waals surface area contributed by atoms with Gasteiger partial charge in [0, 0.05) is 23.5 Å². The fraction of sp³-hybridized carbons (Fsp3) is 0.435. The van der Waals surface area contributed by atoms with Crippen LogP contribution >= 0.6 is 22.9 Å². The highest BCUT2D eigenvalue weighted by atomic mass is 35.5. The number of ether oxygens (including phenoxy) is 1. The maximum Gasteiger partial charge on any atom is 0.348 e. The van der Waals surface area contributed by atoms with Crippen LogP contribution in [0.15, 0.2) is 30.3 Å². The molecule has 6 nitrogen and oxygen atoms in total. The van der Waals surface area contributed by atoms with Gasteiger partial charge >= 0.3 is 5.97 Å². The molecule has 0 N–H and O–H groups in total. The summed E-state index contributed by atoms with van der Waals surface area (Å²) in [6.45, 7) is 11.2. The number of fused-ring (bicyclic) bond motifs is 1. The molecule has 0 aliphatic rings. The molecule has 3 rings (SSSR count). The molecule has 2 aromatic heterocycles. The highest BCUT2D eigenvalue weighted by Gasteiger charge is 2.21. The molecule has 1 amide bonds. The molecule has 31 heavy (non-hydrogen) atoms. The fourth-order valence-electron chi connectivity index (χ4n) is 3.35. The minimum Gasteiger partial charge on any atom is -0.451 e. The van der Waals surface area contributed by atoms with Crippen LogP contribution in [0, 0.1) is 18.8 Å². The maximum atomic E-state index is 12.7. The standard InChI is InChI=1S/C23H28ClN3O3S/c1-14(2)11-26(12-15(3)4)21(28)13-30-23(29)20-10-19-16(5)25-27(22(19)31-20)18-8-6-17(24)7-9-18/h6-10,14-15H,11-13H2,1-5H3. The van der Waals surface area contributed by atoms with Crippen molar-refractivity contribution in [2.45, 2.75) is 34.6 Å². The van der Waals surface area contributed by atoms with Gasteiger partial charge in [-0.05, 0) is 49.1 Å². The van der Waals surface area contributed by atoms with Crippen molar-refractivity contribution in [2.24, 2.45) is 11.8 Å². The lowest BCUT2D eigenvalue weighted by Gasteiger charge is -2.26. The summed E-state index contributed by atoms with van der Waals surface area (Å²) in [4.78, 5) is 28.3. The molecule has 0 aliphatic carbocycles. The topological polar surface area (TPSA) is 64.4 Å². The van der Waals surface area contributed by atoms with Crippen molar-refractivity contribution in [2.75, 3.05) is 19.7 Å². The number of halogens is 1. The molecule has 0 aliphatic heterocycles. The zero-order chi connectivity index (χ0) is 22.7. The zero-order valence-corrected chi connectivity index (χ0v) is 20.1. The van der Waals surface area contributed by atoms with Crippen molar-refractivity contribution in [3.63, 3.8) is 0 Å². The summed E-state index contributed by atoms with van der Waals surface area (Å²) in [6.07, 6.45) is 0. The number of esters is 1. The Morgan fingerprint density at radius 2 is 1.74 bits per heavy atom. The van der Waals surface area contributed by atoms with E-state index in [9.17, 15) is 9.59 Å². The summed E-state index contributed by atoms with van der Waals surface area (Å²) in [5, 5.41) is 6.11. The van der Waals surface area contributed by atoms with E-state index in [1.807, 2.05) is 19.1 Å². The van der Waals surface area contributed by atoms with Gasteiger partial charge in [-0.3, -0.25) is 4.79 Å². The lowest BCUT2D eigenvalue weighted by Crippen LogP contribution is -2.39. The van der Waals surface area contributed by atoms with Gasteiger partial charge in [0.05, 0.1) is 11.4 Å². The Kier molecular flexibility index (Phi) is 7.38. The van der Waals surface area contributed by atoms with E-state index >= 15 is 0 Å². The third kappa shape index (κ3) is 5.66. The molecule has 0 atom stereocenters. The van der Waals surface area contributed by atoms with E-state index in [2.05, 4.69) is 32.8 Å². The van der Waals surface area contributed by atoms with Crippen molar-refractivity contribution in [1.29, 1.82) is 0 Å². The smallest absolute Gasteiger partial charge is 0.348 e. The Balaban J connectivity index is 1.74. The molecule has 2 heterocycles. The number of aromatic nitrogens is 2. The van der Waals surface area contributed by atoms with Crippen LogP contribution in [0.5, 0.6) is 0 Å². The minimum absolute atomic E-state index is 0.166. The van der Waals surface area contributed by atoms with E-state index in [0.29, 0.717) is 34.8 Å². The van der Waals surface area contributed by atoms with Crippen molar-refractivity contribution >= 4 is 45.0 Å². The van der Waals surface area contributed by atoms with E-state index in [1.54, 1.807) is 27.8 Å². The summed E-state index contributed by atoms with van der Waals surface area (Å²) in [6, 6.07) is 9.13. The van der Waals surface area contributed by atoms with Gasteiger partial charge in [-0.25, -0.2) is 9.48 Å². The van der Waals surface area contributed by atoms with Gasteiger partial charge in [0.1, 0.15) is 9.71 Å². The first kappa shape index (κ1) is 23.3. The van der Waals surface area contributed by atoms with Crippen molar-refractivity contribution < 1.29 is 14.3 Å². The molecule has 0 bridgehead atoms. The van der Waals surface area contributed by atoms with Crippen molar-refractivity contribution in [1.82, 2.24) is 14.7 Å². The highest BCUT2D eigenvalue weighted by molar-refractivity contribution is 7.20. The van der Waals surface area contributed by atoms with Gasteiger partial charge in [0.15, 0.2) is 6.61 Å². The number of hydrogen-bond acceptors (Lipinski definition) is 5. The number of rotatable bonds is 8. The van der Waals surface area contributed by atoms with Crippen LogP contribution in [0.3, 0.4) is 0 Å². The van der Waals surface area contributed by atoms with E-state index in [-0.39, 0.29) is 12.5 Å². The average molecular weight is 462 g/mol. The van der Waals surface area contributed by atoms with Gasteiger partial charge in [-0.15, -0.1) is 11.3 Å². The third-order valence-corrected chi connectivity index (χ3v) is 6.01. The highest BCUT2D eigenvalue weighted by Crippen LogP contribution is 2.31. The SMILES string of the molecule is Cc1nn(-c2ccc(Cl)cc2)c2sc(C(=O)OCC(=O)N(CC(C)C)CC(C)C)cc12. The van der Waals surface area contributed by atoms with Crippen molar-refractivity contribution in [3.8, 4) is 5.69 Å². The van der Waals surface area contributed by atoms with Crippen LogP contribution in [0.25, 0.3) is 15.9 Å². The second-order valence-electron chi connectivity index (χ2n) is 8.47. The lowest BCUT2D eigenvalue weighted by atomic mass is 10.1. The largest absolute Gasteiger partial charge is 0.451 e. The maximum absolute atomic E-state index is 12.7. The molecule has 0 unspecified atom stereocenters. The molecular formula is C23H28ClN3O3S. The zero-order valence-electron chi connectivity index (χ0n) is 18.5. The van der Waals surface area contributed by atoms with Crippen LogP contribution in [-0.4, -0.2) is 46.3 Å². The monoisotopic (exact) mass is 461 g/mol. The average Bonchev–Trinajstić information content (AvgIpc) is 3.26. The minimum atomic E-state index is -0.495. The van der Waals surface area contributed by atoms with Crippen LogP contribution in [-0.2, 0) is 9.53 Å². The molecule has 0 fully saturated rings. The van der Waals surface area contributed by atoms with E-state index < -0.39 is 5.97 Å². The Labute approximate surface area is 191 Å². The molecule has 3 aromatic rings. The number of carbonyl (C=O) groups excluding carboxylic acids is 2. The van der Waals surface area contributed by atoms with Crippen LogP contribution in [0.1, 0.15) is 43.1 Å². The fourth-order valence-corrected chi connectivity index (χ4v) is 4.56. The third-order valence-electron chi connectivity index (χ3n) is 4.67. The number of aryl methyl sites for hydroxylation is 1. The Hall–Kier alpha value is -2.38. The van der Waals surface area contributed by atoms with E-state index in [4.69, 9.17) is 16.3 Å². The number of carbonyl (C=O) groups is 2.